The molecule has 0 aliphatic heterocycles. The van der Waals surface area contributed by atoms with Gasteiger partial charge in [-0.3, -0.25) is 4.79 Å². The number of hydrazone groups is 1. The number of carbonyl (C=O) groups excluding carboxylic acids is 1. The summed E-state index contributed by atoms with van der Waals surface area (Å²) in [6.07, 6.45) is 1.47. The lowest BCUT2D eigenvalue weighted by Gasteiger charge is -2.02. The molecule has 0 aliphatic rings. The van der Waals surface area contributed by atoms with Crippen LogP contribution in [0.1, 0.15) is 16.1 Å². The lowest BCUT2D eigenvalue weighted by Crippen LogP contribution is -2.17. The molecule has 0 spiro atoms. The van der Waals surface area contributed by atoms with Gasteiger partial charge in [0.1, 0.15) is 5.76 Å². The number of nitrogens with one attached hydrogen (secondary N) is 1. The maximum Gasteiger partial charge on any atom is 0.271 e. The Morgan fingerprint density at radius 2 is 1.79 bits per heavy atom. The Bertz CT molecular complexity index is 1210. The third kappa shape index (κ3) is 4.90. The number of benzene rings is 3. The van der Waals surface area contributed by atoms with Crippen LogP contribution in [0, 0.1) is 0 Å². The molecule has 4 aromatic rings. The average Bonchev–Trinajstić information content (AvgIpc) is 3.08. The van der Waals surface area contributed by atoms with Crippen molar-refractivity contribution >= 4 is 62.2 Å². The molecule has 0 saturated heterocycles. The molecule has 4 nitrogen and oxygen atoms in total. The summed E-state index contributed by atoms with van der Waals surface area (Å²) >= 11 is 10.9. The first-order chi connectivity index (χ1) is 14.1. The SMILES string of the molecule is O=C(NN=Cc1cc(Br)c(Sc2ccc(Cl)cc2)o1)c1ccc2ccccc2c1. The Balaban J connectivity index is 1.42. The zero-order chi connectivity index (χ0) is 20.2. The lowest BCUT2D eigenvalue weighted by atomic mass is 10.1. The molecule has 29 heavy (non-hydrogen) atoms. The predicted octanol–water partition coefficient (Wildman–Crippen LogP) is 6.76. The Morgan fingerprint density at radius 1 is 1.03 bits per heavy atom. The largest absolute Gasteiger partial charge is 0.447 e. The smallest absolute Gasteiger partial charge is 0.271 e. The van der Waals surface area contributed by atoms with Crippen LogP contribution >= 0.6 is 39.3 Å². The van der Waals surface area contributed by atoms with Gasteiger partial charge in [-0.1, -0.05) is 53.7 Å². The number of fused-ring (bicyclic) bond motifs is 1. The molecule has 3 aromatic carbocycles. The quantitative estimate of drug-likeness (QED) is 0.251. The van der Waals surface area contributed by atoms with Crippen LogP contribution in [0.2, 0.25) is 5.02 Å². The second-order valence-electron chi connectivity index (χ2n) is 6.10. The number of carbonyl (C=O) groups is 1. The minimum atomic E-state index is -0.284. The summed E-state index contributed by atoms with van der Waals surface area (Å²) in [5.74, 6) is 0.237. The molecular formula is C22H14BrClN2O2S. The fraction of sp³-hybridized carbons (Fsp3) is 0. The maximum atomic E-state index is 12.3. The fourth-order valence-electron chi connectivity index (χ4n) is 2.66. The Kier molecular flexibility index (Phi) is 6.04. The third-order valence-corrected chi connectivity index (χ3v) is 6.17. The van der Waals surface area contributed by atoms with Crippen LogP contribution in [-0.2, 0) is 0 Å². The van der Waals surface area contributed by atoms with Crippen molar-refractivity contribution in [2.24, 2.45) is 5.10 Å². The summed E-state index contributed by atoms with van der Waals surface area (Å²) in [5, 5.41) is 7.46. The number of rotatable bonds is 5. The lowest BCUT2D eigenvalue weighted by molar-refractivity contribution is 0.0955. The molecule has 0 aliphatic carbocycles. The second kappa shape index (κ2) is 8.86. The minimum Gasteiger partial charge on any atom is -0.447 e. The number of furan rings is 1. The molecule has 0 atom stereocenters. The van der Waals surface area contributed by atoms with E-state index in [0.717, 1.165) is 20.1 Å². The maximum absolute atomic E-state index is 12.3. The van der Waals surface area contributed by atoms with Gasteiger partial charge >= 0.3 is 0 Å². The van der Waals surface area contributed by atoms with Gasteiger partial charge in [0, 0.05) is 21.5 Å². The van der Waals surface area contributed by atoms with E-state index < -0.39 is 0 Å². The van der Waals surface area contributed by atoms with Crippen molar-refractivity contribution in [2.75, 3.05) is 0 Å². The highest BCUT2D eigenvalue weighted by Gasteiger charge is 2.10. The highest BCUT2D eigenvalue weighted by Crippen LogP contribution is 2.35. The topological polar surface area (TPSA) is 54.6 Å². The van der Waals surface area contributed by atoms with E-state index >= 15 is 0 Å². The van der Waals surface area contributed by atoms with E-state index in [4.69, 9.17) is 16.0 Å². The number of amides is 1. The Morgan fingerprint density at radius 3 is 2.59 bits per heavy atom. The first-order valence-corrected chi connectivity index (χ1v) is 10.6. The van der Waals surface area contributed by atoms with E-state index in [-0.39, 0.29) is 5.91 Å². The van der Waals surface area contributed by atoms with E-state index in [1.54, 1.807) is 12.1 Å². The molecule has 0 unspecified atom stereocenters. The van der Waals surface area contributed by atoms with Gasteiger partial charge in [-0.25, -0.2) is 5.43 Å². The zero-order valence-corrected chi connectivity index (χ0v) is 18.1. The molecule has 1 amide bonds. The molecule has 144 valence electrons. The molecule has 1 aromatic heterocycles. The number of hydrogen-bond donors (Lipinski definition) is 1. The third-order valence-electron chi connectivity index (χ3n) is 4.07. The molecule has 4 rings (SSSR count). The highest BCUT2D eigenvalue weighted by atomic mass is 79.9. The van der Waals surface area contributed by atoms with E-state index in [1.807, 2.05) is 60.7 Å². The first-order valence-electron chi connectivity index (χ1n) is 8.63. The number of hydrogen-bond acceptors (Lipinski definition) is 4. The molecule has 1 heterocycles. The molecule has 0 saturated carbocycles. The Labute approximate surface area is 185 Å². The van der Waals surface area contributed by atoms with Gasteiger partial charge in [-0.2, -0.15) is 5.10 Å². The van der Waals surface area contributed by atoms with Gasteiger partial charge in [0.05, 0.1) is 10.7 Å². The first kappa shape index (κ1) is 19.8. The summed E-state index contributed by atoms with van der Waals surface area (Å²) in [6, 6.07) is 22.7. The van der Waals surface area contributed by atoms with Crippen molar-refractivity contribution in [1.82, 2.24) is 5.43 Å². The Hall–Kier alpha value is -2.54. The number of halogens is 2. The van der Waals surface area contributed by atoms with Crippen molar-refractivity contribution in [1.29, 1.82) is 0 Å². The average molecular weight is 486 g/mol. The summed E-state index contributed by atoms with van der Waals surface area (Å²) < 4.78 is 6.58. The summed E-state index contributed by atoms with van der Waals surface area (Å²) in [4.78, 5) is 13.3. The molecule has 0 bridgehead atoms. The van der Waals surface area contributed by atoms with Crippen molar-refractivity contribution in [3.05, 3.63) is 93.6 Å². The van der Waals surface area contributed by atoms with Gasteiger partial charge < -0.3 is 4.42 Å². The predicted molar refractivity (Wildman–Crippen MR) is 121 cm³/mol. The van der Waals surface area contributed by atoms with Gasteiger partial charge in [-0.15, -0.1) is 0 Å². The van der Waals surface area contributed by atoms with Crippen molar-refractivity contribution in [2.45, 2.75) is 9.99 Å². The highest BCUT2D eigenvalue weighted by molar-refractivity contribution is 9.10. The van der Waals surface area contributed by atoms with Crippen LogP contribution in [-0.4, -0.2) is 12.1 Å². The standard InChI is InChI=1S/C22H14BrClN2O2S/c23-20-12-18(28-22(20)29-19-9-7-17(24)8-10-19)13-25-26-21(27)16-6-5-14-3-1-2-4-15(14)11-16/h1-13H,(H,26,27). The second-order valence-corrected chi connectivity index (χ2v) is 8.44. The molecule has 7 heteroatoms. The summed E-state index contributed by atoms with van der Waals surface area (Å²) in [6.45, 7) is 0. The van der Waals surface area contributed by atoms with Crippen molar-refractivity contribution < 1.29 is 9.21 Å². The van der Waals surface area contributed by atoms with Crippen molar-refractivity contribution in [3.8, 4) is 0 Å². The van der Waals surface area contributed by atoms with E-state index in [1.165, 1.54) is 18.0 Å². The van der Waals surface area contributed by atoms with E-state index in [9.17, 15) is 4.79 Å². The summed E-state index contributed by atoms with van der Waals surface area (Å²) in [5.41, 5.74) is 3.07. The summed E-state index contributed by atoms with van der Waals surface area (Å²) in [7, 11) is 0. The zero-order valence-electron chi connectivity index (χ0n) is 14.9. The van der Waals surface area contributed by atoms with Crippen LogP contribution in [0.15, 0.2) is 96.8 Å². The van der Waals surface area contributed by atoms with Crippen LogP contribution in [0.3, 0.4) is 0 Å². The normalized spacial score (nSPS) is 11.2. The molecule has 0 fully saturated rings. The van der Waals surface area contributed by atoms with Gasteiger partial charge in [0.2, 0.25) is 0 Å². The fourth-order valence-corrected chi connectivity index (χ4v) is 4.12. The molecule has 1 N–H and O–H groups in total. The minimum absolute atomic E-state index is 0.284. The van der Waals surface area contributed by atoms with E-state index in [0.29, 0.717) is 21.4 Å². The van der Waals surface area contributed by atoms with E-state index in [2.05, 4.69) is 26.5 Å². The van der Waals surface area contributed by atoms with Gasteiger partial charge in [0.25, 0.3) is 5.91 Å². The van der Waals surface area contributed by atoms with Gasteiger partial charge in [0.15, 0.2) is 5.09 Å². The monoisotopic (exact) mass is 484 g/mol. The van der Waals surface area contributed by atoms with Gasteiger partial charge in [-0.05, 0) is 63.1 Å². The molecule has 0 radical (unpaired) electrons. The van der Waals surface area contributed by atoms with Crippen LogP contribution in [0.25, 0.3) is 10.8 Å². The van der Waals surface area contributed by atoms with Crippen molar-refractivity contribution in [3.63, 3.8) is 0 Å². The van der Waals surface area contributed by atoms with Crippen LogP contribution < -0.4 is 5.43 Å². The molecular weight excluding hydrogens is 472 g/mol. The number of nitrogens with zero attached hydrogens (tertiary/aromatic N) is 1. The van der Waals surface area contributed by atoms with Crippen LogP contribution in [0.4, 0.5) is 0 Å². The van der Waals surface area contributed by atoms with Crippen LogP contribution in [0.5, 0.6) is 0 Å².